The average Bonchev–Trinajstić information content (AvgIpc) is 2.51. The maximum Gasteiger partial charge on any atom is 0.155 e. The summed E-state index contributed by atoms with van der Waals surface area (Å²) >= 11 is 0. The number of hydrogen-bond acceptors (Lipinski definition) is 3. The molecule has 3 nitrogen and oxygen atoms in total. The van der Waals surface area contributed by atoms with Crippen molar-refractivity contribution in [2.45, 2.75) is 110 Å². The van der Waals surface area contributed by atoms with Gasteiger partial charge in [-0.3, -0.25) is 0 Å². The fourth-order valence-electron chi connectivity index (χ4n) is 2.99. The minimum absolute atomic E-state index is 0. The molecule has 1 unspecified atom stereocenters. The molecule has 0 aliphatic carbocycles. The highest BCUT2D eigenvalue weighted by atomic mass is 79.9. The van der Waals surface area contributed by atoms with Gasteiger partial charge in [-0.2, -0.15) is 0 Å². The van der Waals surface area contributed by atoms with Gasteiger partial charge in [0, 0.05) is 5.92 Å². The number of nitrogens with two attached hydrogens (primary N) is 1. The number of halogens is 1. The standard InChI is InChI=1S/C19H41NO2.BrH/c1-2-3-4-5-6-7-8-9-10-11-12-13-14-15-16-18(17-20)19(21)22;/h18-19,21-22H,2-17,20H2,1H3;1H. The zero-order chi connectivity index (χ0) is 16.5. The van der Waals surface area contributed by atoms with E-state index in [1.54, 1.807) is 0 Å². The molecule has 23 heavy (non-hydrogen) atoms. The summed E-state index contributed by atoms with van der Waals surface area (Å²) in [4.78, 5) is 0. The van der Waals surface area contributed by atoms with Gasteiger partial charge in [0.15, 0.2) is 6.29 Å². The van der Waals surface area contributed by atoms with Crippen LogP contribution in [0.3, 0.4) is 0 Å². The van der Waals surface area contributed by atoms with Gasteiger partial charge >= 0.3 is 0 Å². The first-order valence-corrected chi connectivity index (χ1v) is 9.78. The van der Waals surface area contributed by atoms with Crippen LogP contribution < -0.4 is 5.73 Å². The Kier molecular flexibility index (Phi) is 22.7. The molecule has 0 aromatic carbocycles. The lowest BCUT2D eigenvalue weighted by atomic mass is 9.99. The predicted octanol–water partition coefficient (Wildman–Crippen LogP) is 5.32. The quantitative estimate of drug-likeness (QED) is 0.230. The van der Waals surface area contributed by atoms with Crippen LogP contribution >= 0.6 is 17.0 Å². The van der Waals surface area contributed by atoms with Crippen LogP contribution in [0.4, 0.5) is 0 Å². The van der Waals surface area contributed by atoms with Crippen LogP contribution in [-0.2, 0) is 0 Å². The monoisotopic (exact) mass is 395 g/mol. The third-order valence-electron chi connectivity index (χ3n) is 4.65. The van der Waals surface area contributed by atoms with Gasteiger partial charge in [0.1, 0.15) is 0 Å². The number of rotatable bonds is 17. The highest BCUT2D eigenvalue weighted by Crippen LogP contribution is 2.15. The first kappa shape index (κ1) is 25.6. The summed E-state index contributed by atoms with van der Waals surface area (Å²) in [5.41, 5.74) is 5.51. The molecule has 0 amide bonds. The predicted molar refractivity (Wildman–Crippen MR) is 106 cm³/mol. The van der Waals surface area contributed by atoms with Crippen LogP contribution in [0.25, 0.3) is 0 Å². The van der Waals surface area contributed by atoms with Crippen molar-refractivity contribution >= 4 is 17.0 Å². The van der Waals surface area contributed by atoms with Gasteiger partial charge in [-0.05, 0) is 13.0 Å². The van der Waals surface area contributed by atoms with E-state index in [0.717, 1.165) is 12.8 Å². The molecule has 1 atom stereocenters. The number of unbranched alkanes of at least 4 members (excludes halogenated alkanes) is 13. The Morgan fingerprint density at radius 1 is 0.652 bits per heavy atom. The van der Waals surface area contributed by atoms with E-state index in [4.69, 9.17) is 15.9 Å². The second kappa shape index (κ2) is 20.4. The fourth-order valence-corrected chi connectivity index (χ4v) is 2.99. The van der Waals surface area contributed by atoms with Crippen molar-refractivity contribution in [3.63, 3.8) is 0 Å². The molecule has 4 heteroatoms. The van der Waals surface area contributed by atoms with Crippen molar-refractivity contribution in [3.8, 4) is 0 Å². The molecular weight excluding hydrogens is 354 g/mol. The topological polar surface area (TPSA) is 66.5 Å². The zero-order valence-corrected chi connectivity index (χ0v) is 17.1. The normalized spacial score (nSPS) is 12.4. The lowest BCUT2D eigenvalue weighted by molar-refractivity contribution is -0.0833. The van der Waals surface area contributed by atoms with Crippen molar-refractivity contribution in [3.05, 3.63) is 0 Å². The van der Waals surface area contributed by atoms with Gasteiger partial charge in [0.2, 0.25) is 0 Å². The minimum atomic E-state index is -1.24. The molecule has 0 aromatic rings. The first-order valence-electron chi connectivity index (χ1n) is 9.78. The minimum Gasteiger partial charge on any atom is -0.368 e. The second-order valence-corrected chi connectivity index (χ2v) is 6.79. The summed E-state index contributed by atoms with van der Waals surface area (Å²) in [6.45, 7) is 2.64. The zero-order valence-electron chi connectivity index (χ0n) is 15.3. The molecule has 0 saturated heterocycles. The Morgan fingerprint density at radius 2 is 1.00 bits per heavy atom. The van der Waals surface area contributed by atoms with E-state index in [1.165, 1.54) is 83.5 Å². The van der Waals surface area contributed by atoms with Gasteiger partial charge in [-0.15, -0.1) is 17.0 Å². The Labute approximate surface area is 155 Å². The van der Waals surface area contributed by atoms with E-state index in [-0.39, 0.29) is 22.9 Å². The summed E-state index contributed by atoms with van der Waals surface area (Å²) in [5, 5.41) is 18.2. The Balaban J connectivity index is 0. The van der Waals surface area contributed by atoms with Crippen molar-refractivity contribution in [1.82, 2.24) is 0 Å². The van der Waals surface area contributed by atoms with Gasteiger partial charge in [0.05, 0.1) is 0 Å². The van der Waals surface area contributed by atoms with Crippen molar-refractivity contribution < 1.29 is 10.2 Å². The highest BCUT2D eigenvalue weighted by Gasteiger charge is 2.13. The van der Waals surface area contributed by atoms with Crippen LogP contribution in [0.2, 0.25) is 0 Å². The van der Waals surface area contributed by atoms with Crippen LogP contribution in [0.5, 0.6) is 0 Å². The summed E-state index contributed by atoms with van der Waals surface area (Å²) in [5.74, 6) is -0.141. The average molecular weight is 396 g/mol. The lowest BCUT2D eigenvalue weighted by Gasteiger charge is -2.16. The van der Waals surface area contributed by atoms with E-state index < -0.39 is 6.29 Å². The number of aliphatic hydroxyl groups is 2. The van der Waals surface area contributed by atoms with E-state index in [9.17, 15) is 0 Å². The third-order valence-corrected chi connectivity index (χ3v) is 4.65. The van der Waals surface area contributed by atoms with Crippen LogP contribution in [0.1, 0.15) is 103 Å². The molecular formula is C19H42BrNO2. The lowest BCUT2D eigenvalue weighted by Crippen LogP contribution is -2.27. The fraction of sp³-hybridized carbons (Fsp3) is 1.00. The molecule has 0 bridgehead atoms. The summed E-state index contributed by atoms with van der Waals surface area (Å²) in [6.07, 6.45) is 18.5. The maximum absolute atomic E-state index is 9.09. The number of aliphatic hydroxyl groups excluding tert-OH is 1. The van der Waals surface area contributed by atoms with E-state index >= 15 is 0 Å². The number of hydrogen-bond donors (Lipinski definition) is 3. The molecule has 4 N–H and O–H groups in total. The maximum atomic E-state index is 9.09. The molecule has 0 saturated carbocycles. The van der Waals surface area contributed by atoms with Crippen LogP contribution in [-0.4, -0.2) is 23.0 Å². The largest absolute Gasteiger partial charge is 0.368 e. The molecule has 0 fully saturated rings. The van der Waals surface area contributed by atoms with Crippen molar-refractivity contribution in [2.24, 2.45) is 11.7 Å². The molecule has 0 aliphatic rings. The van der Waals surface area contributed by atoms with Gasteiger partial charge in [0.25, 0.3) is 0 Å². The van der Waals surface area contributed by atoms with Gasteiger partial charge < -0.3 is 15.9 Å². The Hall–Kier alpha value is 0.360. The summed E-state index contributed by atoms with van der Waals surface area (Å²) in [6, 6.07) is 0. The first-order chi connectivity index (χ1) is 10.7. The van der Waals surface area contributed by atoms with Crippen LogP contribution in [0.15, 0.2) is 0 Å². The van der Waals surface area contributed by atoms with E-state index in [1.807, 2.05) is 0 Å². The van der Waals surface area contributed by atoms with Crippen LogP contribution in [0, 0.1) is 5.92 Å². The Bertz CT molecular complexity index is 216. The molecule has 0 spiro atoms. The van der Waals surface area contributed by atoms with Crippen molar-refractivity contribution in [1.29, 1.82) is 0 Å². The SMILES string of the molecule is Br.CCCCCCCCCCCCCCCCC(CN)C(O)O. The molecule has 142 valence electrons. The summed E-state index contributed by atoms with van der Waals surface area (Å²) < 4.78 is 0. The second-order valence-electron chi connectivity index (χ2n) is 6.79. The molecule has 0 heterocycles. The van der Waals surface area contributed by atoms with Gasteiger partial charge in [-0.25, -0.2) is 0 Å². The van der Waals surface area contributed by atoms with Crippen molar-refractivity contribution in [2.75, 3.05) is 6.54 Å². The third kappa shape index (κ3) is 18.5. The van der Waals surface area contributed by atoms with E-state index in [0.29, 0.717) is 6.54 Å². The molecule has 0 radical (unpaired) electrons. The molecule has 0 aliphatic heterocycles. The van der Waals surface area contributed by atoms with Gasteiger partial charge in [-0.1, -0.05) is 96.8 Å². The smallest absolute Gasteiger partial charge is 0.155 e. The summed E-state index contributed by atoms with van der Waals surface area (Å²) in [7, 11) is 0. The highest BCUT2D eigenvalue weighted by molar-refractivity contribution is 8.93. The molecule has 0 rings (SSSR count). The van der Waals surface area contributed by atoms with E-state index in [2.05, 4.69) is 6.92 Å². The molecule has 0 aromatic heterocycles. The Morgan fingerprint density at radius 3 is 1.30 bits per heavy atom.